The molecule has 1 rings (SSSR count). The molecule has 0 fully saturated rings. The molecule has 0 aliphatic carbocycles. The van der Waals surface area contributed by atoms with Crippen molar-refractivity contribution in [2.24, 2.45) is 5.73 Å². The van der Waals surface area contributed by atoms with Crippen LogP contribution in [0.25, 0.3) is 0 Å². The number of rotatable bonds is 2. The highest BCUT2D eigenvalue weighted by atomic mass is 35.5. The Balaban J connectivity index is 3.02. The minimum Gasteiger partial charge on any atom is -0.388 e. The van der Waals surface area contributed by atoms with E-state index in [4.69, 9.17) is 17.3 Å². The smallest absolute Gasteiger partial charge is 0.0784 e. The molecule has 0 heterocycles. The topological polar surface area (TPSA) is 46.2 Å². The Morgan fingerprint density at radius 1 is 1.38 bits per heavy atom. The molecule has 1 unspecified atom stereocenters. The van der Waals surface area contributed by atoms with Crippen LogP contribution in [0.5, 0.6) is 0 Å². The second kappa shape index (κ2) is 3.66. The first-order chi connectivity index (χ1) is 5.93. The monoisotopic (exact) mass is 199 g/mol. The standard InChI is InChI=1S/C10H14ClNO/c1-10(2,13)9(12)7-5-3-4-6-8(7)11/h3-6,9,13H,12H2,1-2H3. The highest BCUT2D eigenvalue weighted by Crippen LogP contribution is 2.28. The quantitative estimate of drug-likeness (QED) is 0.767. The van der Waals surface area contributed by atoms with Crippen molar-refractivity contribution < 1.29 is 5.11 Å². The summed E-state index contributed by atoms with van der Waals surface area (Å²) >= 11 is 5.93. The minimum atomic E-state index is -0.953. The molecule has 0 aromatic heterocycles. The zero-order valence-corrected chi connectivity index (χ0v) is 8.55. The molecule has 0 saturated carbocycles. The second-order valence-corrected chi connectivity index (χ2v) is 4.06. The summed E-state index contributed by atoms with van der Waals surface area (Å²) in [5.41, 5.74) is 5.66. The third kappa shape index (κ3) is 2.44. The molecule has 1 aromatic rings. The lowest BCUT2D eigenvalue weighted by atomic mass is 9.93. The van der Waals surface area contributed by atoms with Crippen LogP contribution < -0.4 is 5.73 Å². The van der Waals surface area contributed by atoms with Crippen LogP contribution >= 0.6 is 11.6 Å². The van der Waals surface area contributed by atoms with Crippen LogP contribution in [-0.4, -0.2) is 10.7 Å². The van der Waals surface area contributed by atoms with Crippen LogP contribution in [0.2, 0.25) is 5.02 Å². The summed E-state index contributed by atoms with van der Waals surface area (Å²) in [7, 11) is 0. The van der Waals surface area contributed by atoms with Gasteiger partial charge in [0.15, 0.2) is 0 Å². The van der Waals surface area contributed by atoms with Gasteiger partial charge in [0.2, 0.25) is 0 Å². The summed E-state index contributed by atoms with van der Waals surface area (Å²) in [5, 5.41) is 10.3. The highest BCUT2D eigenvalue weighted by Gasteiger charge is 2.25. The Kier molecular flexibility index (Phi) is 2.96. The summed E-state index contributed by atoms with van der Waals surface area (Å²) in [6, 6.07) is 6.82. The van der Waals surface area contributed by atoms with E-state index >= 15 is 0 Å². The van der Waals surface area contributed by atoms with Crippen LogP contribution in [0.1, 0.15) is 25.5 Å². The summed E-state index contributed by atoms with van der Waals surface area (Å²) in [6.45, 7) is 3.34. The fourth-order valence-electron chi connectivity index (χ4n) is 1.11. The van der Waals surface area contributed by atoms with Crippen molar-refractivity contribution in [3.63, 3.8) is 0 Å². The zero-order chi connectivity index (χ0) is 10.1. The third-order valence-electron chi connectivity index (χ3n) is 2.00. The number of hydrogen-bond donors (Lipinski definition) is 2. The normalized spacial score (nSPS) is 14.2. The predicted octanol–water partition coefficient (Wildman–Crippen LogP) is 2.11. The SMILES string of the molecule is CC(C)(O)C(N)c1ccccc1Cl. The van der Waals surface area contributed by atoms with Gasteiger partial charge in [0.25, 0.3) is 0 Å². The maximum atomic E-state index is 9.68. The number of halogens is 1. The molecule has 0 aliphatic rings. The molecule has 0 amide bonds. The highest BCUT2D eigenvalue weighted by molar-refractivity contribution is 6.31. The summed E-state index contributed by atoms with van der Waals surface area (Å²) in [6.07, 6.45) is 0. The van der Waals surface area contributed by atoms with E-state index in [0.29, 0.717) is 5.02 Å². The Hall–Kier alpha value is -0.570. The van der Waals surface area contributed by atoms with Gasteiger partial charge in [-0.25, -0.2) is 0 Å². The van der Waals surface area contributed by atoms with Crippen LogP contribution in [0, 0.1) is 0 Å². The largest absolute Gasteiger partial charge is 0.388 e. The van der Waals surface area contributed by atoms with Crippen molar-refractivity contribution in [3.8, 4) is 0 Å². The molecule has 0 spiro atoms. The molecule has 0 bridgehead atoms. The fourth-order valence-corrected chi connectivity index (χ4v) is 1.36. The number of nitrogens with two attached hydrogens (primary N) is 1. The maximum absolute atomic E-state index is 9.68. The van der Waals surface area contributed by atoms with Gasteiger partial charge in [-0.1, -0.05) is 29.8 Å². The van der Waals surface area contributed by atoms with Crippen LogP contribution in [0.3, 0.4) is 0 Å². The number of benzene rings is 1. The molecule has 3 N–H and O–H groups in total. The van der Waals surface area contributed by atoms with Crippen molar-refractivity contribution in [1.29, 1.82) is 0 Å². The van der Waals surface area contributed by atoms with E-state index in [1.54, 1.807) is 19.9 Å². The lowest BCUT2D eigenvalue weighted by Crippen LogP contribution is -2.35. The van der Waals surface area contributed by atoms with Crippen LogP contribution in [0.4, 0.5) is 0 Å². The average molecular weight is 200 g/mol. The van der Waals surface area contributed by atoms with Crippen molar-refractivity contribution in [2.75, 3.05) is 0 Å². The molecule has 13 heavy (non-hydrogen) atoms. The lowest BCUT2D eigenvalue weighted by Gasteiger charge is -2.26. The summed E-state index contributed by atoms with van der Waals surface area (Å²) < 4.78 is 0. The van der Waals surface area contributed by atoms with E-state index in [1.165, 1.54) is 0 Å². The molecule has 2 nitrogen and oxygen atoms in total. The summed E-state index contributed by atoms with van der Waals surface area (Å²) in [5.74, 6) is 0. The molecule has 1 aromatic carbocycles. The van der Waals surface area contributed by atoms with E-state index in [0.717, 1.165) is 5.56 Å². The van der Waals surface area contributed by atoms with Crippen molar-refractivity contribution in [2.45, 2.75) is 25.5 Å². The summed E-state index contributed by atoms with van der Waals surface area (Å²) in [4.78, 5) is 0. The maximum Gasteiger partial charge on any atom is 0.0784 e. The van der Waals surface area contributed by atoms with Gasteiger partial charge in [-0.3, -0.25) is 0 Å². The molecule has 0 radical (unpaired) electrons. The van der Waals surface area contributed by atoms with E-state index in [2.05, 4.69) is 0 Å². The van der Waals surface area contributed by atoms with Crippen molar-refractivity contribution in [1.82, 2.24) is 0 Å². The zero-order valence-electron chi connectivity index (χ0n) is 7.79. The van der Waals surface area contributed by atoms with Gasteiger partial charge in [0.1, 0.15) is 0 Å². The first-order valence-electron chi connectivity index (χ1n) is 4.15. The van der Waals surface area contributed by atoms with Gasteiger partial charge < -0.3 is 10.8 Å². The second-order valence-electron chi connectivity index (χ2n) is 3.65. The predicted molar refractivity (Wildman–Crippen MR) is 54.7 cm³/mol. The molecule has 0 saturated heterocycles. The minimum absolute atomic E-state index is 0.457. The van der Waals surface area contributed by atoms with Gasteiger partial charge in [-0.2, -0.15) is 0 Å². The van der Waals surface area contributed by atoms with Gasteiger partial charge in [0, 0.05) is 5.02 Å². The molecular weight excluding hydrogens is 186 g/mol. The first kappa shape index (κ1) is 10.5. The lowest BCUT2D eigenvalue weighted by molar-refractivity contribution is 0.0517. The fraction of sp³-hybridized carbons (Fsp3) is 0.400. The average Bonchev–Trinajstić information content (AvgIpc) is 2.02. The molecule has 72 valence electrons. The Bertz CT molecular complexity index is 293. The van der Waals surface area contributed by atoms with Crippen molar-refractivity contribution >= 4 is 11.6 Å². The van der Waals surface area contributed by atoms with E-state index in [1.807, 2.05) is 18.2 Å². The van der Waals surface area contributed by atoms with Gasteiger partial charge in [-0.15, -0.1) is 0 Å². The van der Waals surface area contributed by atoms with Crippen molar-refractivity contribution in [3.05, 3.63) is 34.9 Å². The Labute approximate surface area is 83.3 Å². The Morgan fingerprint density at radius 3 is 2.38 bits per heavy atom. The number of hydrogen-bond acceptors (Lipinski definition) is 2. The van der Waals surface area contributed by atoms with Crippen LogP contribution in [-0.2, 0) is 0 Å². The van der Waals surface area contributed by atoms with E-state index in [-0.39, 0.29) is 0 Å². The van der Waals surface area contributed by atoms with Gasteiger partial charge >= 0.3 is 0 Å². The molecule has 1 atom stereocenters. The molecule has 0 aliphatic heterocycles. The molecular formula is C10H14ClNO. The first-order valence-corrected chi connectivity index (χ1v) is 4.53. The van der Waals surface area contributed by atoms with Gasteiger partial charge in [-0.05, 0) is 25.5 Å². The Morgan fingerprint density at radius 2 is 1.92 bits per heavy atom. The third-order valence-corrected chi connectivity index (χ3v) is 2.35. The van der Waals surface area contributed by atoms with E-state index < -0.39 is 11.6 Å². The van der Waals surface area contributed by atoms with E-state index in [9.17, 15) is 5.11 Å². The molecule has 3 heteroatoms. The number of aliphatic hydroxyl groups is 1. The van der Waals surface area contributed by atoms with Gasteiger partial charge in [0.05, 0.1) is 11.6 Å². The van der Waals surface area contributed by atoms with Crippen LogP contribution in [0.15, 0.2) is 24.3 Å².